The van der Waals surface area contributed by atoms with Gasteiger partial charge >= 0.3 is 0 Å². The average molecular weight is 748 g/mol. The third-order valence-corrected chi connectivity index (χ3v) is 9.64. The molecule has 1 aliphatic rings. The van der Waals surface area contributed by atoms with E-state index in [1.165, 1.54) is 0 Å². The maximum atomic E-state index is 13.7. The summed E-state index contributed by atoms with van der Waals surface area (Å²) in [6, 6.07) is 11.1. The first kappa shape index (κ1) is 37.2. The summed E-state index contributed by atoms with van der Waals surface area (Å²) in [6.07, 6.45) is 4.47. The monoisotopic (exact) mass is 747 g/mol. The number of fused-ring (bicyclic) bond motifs is 2. The van der Waals surface area contributed by atoms with Crippen LogP contribution < -0.4 is 16.4 Å². The van der Waals surface area contributed by atoms with Crippen LogP contribution in [-0.4, -0.2) is 82.8 Å². The van der Waals surface area contributed by atoms with Gasteiger partial charge in [0.15, 0.2) is 5.89 Å². The molecule has 6 aromatic rings. The highest BCUT2D eigenvalue weighted by molar-refractivity contribution is 6.04. The number of nitrogens with one attached hydrogen (secondary N) is 2. The van der Waals surface area contributed by atoms with Crippen LogP contribution in [0.5, 0.6) is 0 Å². The number of para-hydroxylation sites is 1. The van der Waals surface area contributed by atoms with Gasteiger partial charge in [-0.1, -0.05) is 31.2 Å². The smallest absolute Gasteiger partial charge is 0.295 e. The van der Waals surface area contributed by atoms with Gasteiger partial charge in [0.05, 0.1) is 46.7 Å². The number of nitrogens with two attached hydrogens (primary N) is 1. The van der Waals surface area contributed by atoms with Crippen molar-refractivity contribution < 1.29 is 23.5 Å². The molecule has 1 fully saturated rings. The molecule has 16 heteroatoms. The Morgan fingerprint density at radius 3 is 2.25 bits per heavy atom. The van der Waals surface area contributed by atoms with E-state index in [-0.39, 0.29) is 17.6 Å². The number of allylic oxidation sites excluding steroid dienone is 2. The first-order valence-electron chi connectivity index (χ1n) is 18.4. The van der Waals surface area contributed by atoms with Crippen molar-refractivity contribution in [2.75, 3.05) is 36.9 Å². The number of aromatic nitrogens is 7. The molecule has 5 heterocycles. The third-order valence-electron chi connectivity index (χ3n) is 9.64. The molecule has 0 atom stereocenters. The van der Waals surface area contributed by atoms with E-state index >= 15 is 0 Å². The van der Waals surface area contributed by atoms with Gasteiger partial charge < -0.3 is 24.0 Å². The van der Waals surface area contributed by atoms with E-state index in [1.54, 1.807) is 29.8 Å². The van der Waals surface area contributed by atoms with Crippen molar-refractivity contribution in [3.05, 3.63) is 94.0 Å². The van der Waals surface area contributed by atoms with Gasteiger partial charge in [0, 0.05) is 51.8 Å². The predicted octanol–water partition coefficient (Wildman–Crippen LogP) is 4.77. The average Bonchev–Trinajstić information content (AvgIpc) is 3.93. The first-order chi connectivity index (χ1) is 26.5. The topological polar surface area (TPSA) is 193 Å². The van der Waals surface area contributed by atoms with Gasteiger partial charge in [-0.3, -0.25) is 34.6 Å². The lowest BCUT2D eigenvalue weighted by atomic mass is 10.1. The Kier molecular flexibility index (Phi) is 10.6. The Balaban J connectivity index is 1.24. The Hall–Kier alpha value is -6.13. The van der Waals surface area contributed by atoms with Crippen molar-refractivity contribution >= 4 is 51.7 Å². The summed E-state index contributed by atoms with van der Waals surface area (Å²) in [7, 11) is 0. The molecule has 0 radical (unpaired) electrons. The molecule has 0 aliphatic carbocycles. The molecule has 3 amide bonds. The Morgan fingerprint density at radius 2 is 1.56 bits per heavy atom. The number of ether oxygens (including phenoxy) is 1. The van der Waals surface area contributed by atoms with Gasteiger partial charge in [0.2, 0.25) is 23.6 Å². The normalized spacial score (nSPS) is 13.7. The number of amides is 3. The second kappa shape index (κ2) is 15.7. The summed E-state index contributed by atoms with van der Waals surface area (Å²) in [6.45, 7) is 14.2. The summed E-state index contributed by atoms with van der Waals surface area (Å²) in [5, 5.41) is 10.4. The molecule has 55 heavy (non-hydrogen) atoms. The lowest BCUT2D eigenvalue weighted by Gasteiger charge is -2.27. The number of nitrogens with zero attached hydrogens (tertiary/aromatic N) is 8. The number of carbonyl (C=O) groups is 3. The number of imidazole rings is 2. The van der Waals surface area contributed by atoms with Gasteiger partial charge in [-0.25, -0.2) is 15.0 Å². The largest absolute Gasteiger partial charge is 0.436 e. The van der Waals surface area contributed by atoms with E-state index in [1.807, 2.05) is 61.1 Å². The zero-order valence-electron chi connectivity index (χ0n) is 31.7. The molecule has 0 saturated carbocycles. The van der Waals surface area contributed by atoms with E-state index in [0.29, 0.717) is 80.1 Å². The van der Waals surface area contributed by atoms with Crippen LogP contribution in [0.4, 0.5) is 11.9 Å². The highest BCUT2D eigenvalue weighted by atomic mass is 16.5. The molecule has 2 aromatic carbocycles. The molecule has 0 unspecified atom stereocenters. The maximum Gasteiger partial charge on any atom is 0.295 e. The molecular weight excluding hydrogens is 703 g/mol. The Morgan fingerprint density at radius 1 is 0.873 bits per heavy atom. The number of hydrogen-bond donors (Lipinski definition) is 3. The number of hydrogen-bond acceptors (Lipinski definition) is 10. The Labute approximate surface area is 317 Å². The summed E-state index contributed by atoms with van der Waals surface area (Å²) >= 11 is 0. The van der Waals surface area contributed by atoms with Gasteiger partial charge in [-0.05, 0) is 62.6 Å². The number of rotatable bonds is 13. The van der Waals surface area contributed by atoms with Crippen molar-refractivity contribution in [3.63, 3.8) is 0 Å². The minimum Gasteiger partial charge on any atom is -0.436 e. The number of primary amides is 1. The van der Waals surface area contributed by atoms with E-state index < -0.39 is 11.8 Å². The van der Waals surface area contributed by atoms with Crippen molar-refractivity contribution in [3.8, 4) is 0 Å². The fourth-order valence-electron chi connectivity index (χ4n) is 7.09. The molecule has 1 saturated heterocycles. The minimum absolute atomic E-state index is 0.121. The quantitative estimate of drug-likeness (QED) is 0.139. The lowest BCUT2D eigenvalue weighted by Crippen LogP contribution is -2.35. The van der Waals surface area contributed by atoms with Gasteiger partial charge in [0.1, 0.15) is 5.69 Å². The summed E-state index contributed by atoms with van der Waals surface area (Å²) in [5.41, 5.74) is 12.4. The molecular formula is C39H45N11O5. The number of aryl methyl sites for hydroxylation is 5. The molecule has 16 nitrogen and oxygen atoms in total. The predicted molar refractivity (Wildman–Crippen MR) is 207 cm³/mol. The van der Waals surface area contributed by atoms with Crippen LogP contribution in [0.2, 0.25) is 0 Å². The zero-order valence-corrected chi connectivity index (χ0v) is 31.7. The van der Waals surface area contributed by atoms with Crippen LogP contribution in [-0.2, 0) is 37.3 Å². The van der Waals surface area contributed by atoms with Crippen molar-refractivity contribution in [2.24, 2.45) is 5.73 Å². The van der Waals surface area contributed by atoms with Crippen LogP contribution in [0.25, 0.3) is 22.1 Å². The molecule has 0 bridgehead atoms. The van der Waals surface area contributed by atoms with Crippen LogP contribution in [0.1, 0.15) is 73.7 Å². The highest BCUT2D eigenvalue weighted by Crippen LogP contribution is 2.28. The zero-order chi connectivity index (χ0) is 38.8. The standard InChI is InChI=1S/C39H45N11O5/c1-6-28-34(55-25(5)41-28)37(53)45-39-43-30-21-27(35(40)51)19-23(3)32(30)48(39)13-8-9-14-49-33-26(22-47-15-17-54-18-16-47)11-10-12-29(33)42-38(49)44-36(52)31-20-24(4)46-50(31)7-2/h8-12,19-21H,6-7,13-18,22H2,1-5H3,(H2,40,51)(H,42,44,52)(H,43,45,53). The van der Waals surface area contributed by atoms with E-state index in [4.69, 9.17) is 24.9 Å². The van der Waals surface area contributed by atoms with Crippen LogP contribution >= 0.6 is 0 Å². The summed E-state index contributed by atoms with van der Waals surface area (Å²) < 4.78 is 16.8. The SMILES string of the molecule is CCc1nc(C)oc1C(=O)Nc1nc2cc(C(N)=O)cc(C)c2n1CC=CCn1c(NC(=O)c2cc(C)nn2CC)nc2cccc(CN3CCOCC3)c21. The molecule has 7 rings (SSSR count). The maximum absolute atomic E-state index is 13.7. The first-order valence-corrected chi connectivity index (χ1v) is 18.4. The van der Waals surface area contributed by atoms with E-state index in [9.17, 15) is 14.4 Å². The summed E-state index contributed by atoms with van der Waals surface area (Å²) in [4.78, 5) is 55.6. The fourth-order valence-corrected chi connectivity index (χ4v) is 7.09. The lowest BCUT2D eigenvalue weighted by molar-refractivity contribution is 0.0343. The van der Waals surface area contributed by atoms with E-state index in [0.717, 1.165) is 46.5 Å². The molecule has 286 valence electrons. The van der Waals surface area contributed by atoms with Crippen LogP contribution in [0, 0.1) is 20.8 Å². The molecule has 1 aliphatic heterocycles. The number of anilines is 2. The number of oxazole rings is 1. The highest BCUT2D eigenvalue weighted by Gasteiger charge is 2.23. The van der Waals surface area contributed by atoms with Crippen LogP contribution in [0.3, 0.4) is 0 Å². The molecule has 4 aromatic heterocycles. The van der Waals surface area contributed by atoms with Crippen LogP contribution in [0.15, 0.2) is 53.0 Å². The second-order valence-corrected chi connectivity index (χ2v) is 13.5. The number of morpholine rings is 1. The Bertz CT molecular complexity index is 2440. The molecule has 0 spiro atoms. The molecule has 4 N–H and O–H groups in total. The van der Waals surface area contributed by atoms with Gasteiger partial charge in [-0.2, -0.15) is 5.10 Å². The fraction of sp³-hybridized carbons (Fsp3) is 0.359. The summed E-state index contributed by atoms with van der Waals surface area (Å²) in [5.74, 6) is -0.178. The minimum atomic E-state index is -0.576. The number of carbonyl (C=O) groups excluding carboxylic acids is 3. The number of benzene rings is 2. The van der Waals surface area contributed by atoms with Gasteiger partial charge in [0.25, 0.3) is 11.8 Å². The van der Waals surface area contributed by atoms with Crippen molar-refractivity contribution in [2.45, 2.75) is 67.2 Å². The van der Waals surface area contributed by atoms with Crippen molar-refractivity contribution in [1.82, 2.24) is 38.8 Å². The van der Waals surface area contributed by atoms with Gasteiger partial charge in [-0.15, -0.1) is 0 Å². The second-order valence-electron chi connectivity index (χ2n) is 13.5. The third kappa shape index (κ3) is 7.63. The van der Waals surface area contributed by atoms with Crippen molar-refractivity contribution in [1.29, 1.82) is 0 Å². The van der Waals surface area contributed by atoms with E-state index in [2.05, 4.69) is 31.7 Å².